The molecular formula is C25H25N3O7. The molecule has 10 nitrogen and oxygen atoms in total. The number of carbonyl (C=O) groups is 5. The van der Waals surface area contributed by atoms with Crippen molar-refractivity contribution in [2.75, 3.05) is 13.2 Å². The maximum absolute atomic E-state index is 13.1. The molecule has 1 saturated heterocycles. The molecule has 1 aliphatic heterocycles. The van der Waals surface area contributed by atoms with Crippen LogP contribution in [0.2, 0.25) is 0 Å². The van der Waals surface area contributed by atoms with Gasteiger partial charge >= 0.3 is 12.1 Å². The van der Waals surface area contributed by atoms with Crippen LogP contribution < -0.4 is 10.6 Å². The minimum absolute atomic E-state index is 0.0146. The van der Waals surface area contributed by atoms with E-state index < -0.39 is 48.3 Å². The fourth-order valence-corrected chi connectivity index (χ4v) is 4.49. The first-order valence-electron chi connectivity index (χ1n) is 11.2. The molecule has 2 aromatic carbocycles. The SMILES string of the molecule is CC1C(=O)NC(=O)CN1C(=O)C(CCC(=O)O)NC(=O)OCC1c2ccccc2-c2ccccc21. The van der Waals surface area contributed by atoms with Crippen LogP contribution in [0.15, 0.2) is 48.5 Å². The van der Waals surface area contributed by atoms with E-state index in [1.165, 1.54) is 6.92 Å². The van der Waals surface area contributed by atoms with Crippen molar-refractivity contribution < 1.29 is 33.8 Å². The summed E-state index contributed by atoms with van der Waals surface area (Å²) in [7, 11) is 0. The predicted molar refractivity (Wildman–Crippen MR) is 123 cm³/mol. The summed E-state index contributed by atoms with van der Waals surface area (Å²) in [6.45, 7) is 1.09. The van der Waals surface area contributed by atoms with Gasteiger partial charge in [0, 0.05) is 12.3 Å². The highest BCUT2D eigenvalue weighted by molar-refractivity contribution is 6.05. The molecule has 0 spiro atoms. The van der Waals surface area contributed by atoms with E-state index in [0.29, 0.717) is 0 Å². The second-order valence-electron chi connectivity index (χ2n) is 8.51. The number of hydrogen-bond donors (Lipinski definition) is 3. The van der Waals surface area contributed by atoms with Crippen LogP contribution in [0.5, 0.6) is 0 Å². The first-order valence-corrected chi connectivity index (χ1v) is 11.2. The van der Waals surface area contributed by atoms with Gasteiger partial charge in [-0.2, -0.15) is 0 Å². The van der Waals surface area contributed by atoms with Gasteiger partial charge in [-0.1, -0.05) is 48.5 Å². The topological polar surface area (TPSA) is 142 Å². The van der Waals surface area contributed by atoms with Crippen LogP contribution in [0.1, 0.15) is 36.8 Å². The number of rotatable bonds is 7. The summed E-state index contributed by atoms with van der Waals surface area (Å²) >= 11 is 0. The third-order valence-corrected chi connectivity index (χ3v) is 6.29. The number of imide groups is 1. The maximum atomic E-state index is 13.1. The van der Waals surface area contributed by atoms with Crippen LogP contribution in [0.3, 0.4) is 0 Å². The Morgan fingerprint density at radius 1 is 1.09 bits per heavy atom. The van der Waals surface area contributed by atoms with Crippen molar-refractivity contribution in [2.45, 2.75) is 37.8 Å². The van der Waals surface area contributed by atoms with Crippen molar-refractivity contribution in [3.8, 4) is 11.1 Å². The molecule has 2 atom stereocenters. The number of carboxylic acid groups (broad SMARTS) is 1. The third-order valence-electron chi connectivity index (χ3n) is 6.29. The summed E-state index contributed by atoms with van der Waals surface area (Å²) in [5, 5.41) is 13.6. The van der Waals surface area contributed by atoms with Crippen LogP contribution in [-0.4, -0.2) is 65.0 Å². The second-order valence-corrected chi connectivity index (χ2v) is 8.51. The highest BCUT2D eigenvalue weighted by atomic mass is 16.5. The van der Waals surface area contributed by atoms with E-state index in [2.05, 4.69) is 10.6 Å². The van der Waals surface area contributed by atoms with E-state index in [1.807, 2.05) is 48.5 Å². The molecule has 2 unspecified atom stereocenters. The second kappa shape index (κ2) is 9.96. The molecule has 1 heterocycles. The summed E-state index contributed by atoms with van der Waals surface area (Å²) in [6, 6.07) is 13.4. The predicted octanol–water partition coefficient (Wildman–Crippen LogP) is 1.63. The number of carbonyl (C=O) groups excluding carboxylic acids is 4. The maximum Gasteiger partial charge on any atom is 0.407 e. The van der Waals surface area contributed by atoms with E-state index >= 15 is 0 Å². The average Bonchev–Trinajstić information content (AvgIpc) is 3.16. The van der Waals surface area contributed by atoms with Gasteiger partial charge in [0.1, 0.15) is 25.2 Å². The van der Waals surface area contributed by atoms with Gasteiger partial charge in [0.2, 0.25) is 17.7 Å². The molecule has 0 aromatic heterocycles. The van der Waals surface area contributed by atoms with Gasteiger partial charge in [-0.3, -0.25) is 24.5 Å². The Morgan fingerprint density at radius 3 is 2.29 bits per heavy atom. The lowest BCUT2D eigenvalue weighted by Gasteiger charge is -2.34. The quantitative estimate of drug-likeness (QED) is 0.513. The summed E-state index contributed by atoms with van der Waals surface area (Å²) in [5.74, 6) is -3.37. The number of benzene rings is 2. The number of hydrogen-bond acceptors (Lipinski definition) is 6. The Kier molecular flexibility index (Phi) is 6.81. The number of aliphatic carboxylic acids is 1. The lowest BCUT2D eigenvalue weighted by Crippen LogP contribution is -2.62. The highest BCUT2D eigenvalue weighted by Gasteiger charge is 2.37. The standard InChI is InChI=1S/C25H25N3O7/c1-14-23(32)27-21(29)12-28(14)24(33)20(10-11-22(30)31)26-25(34)35-13-19-17-8-4-2-6-15(17)16-7-3-5-9-18(16)19/h2-9,14,19-20H,10-13H2,1H3,(H,26,34)(H,30,31)(H,27,29,32). The summed E-state index contributed by atoms with van der Waals surface area (Å²) in [5.41, 5.74) is 4.17. The molecule has 10 heteroatoms. The van der Waals surface area contributed by atoms with E-state index in [0.717, 1.165) is 27.2 Å². The summed E-state index contributed by atoms with van der Waals surface area (Å²) in [6.07, 6.45) is -1.52. The molecule has 4 amide bonds. The number of ether oxygens (including phenoxy) is 1. The smallest absolute Gasteiger partial charge is 0.407 e. The van der Waals surface area contributed by atoms with Gasteiger partial charge in [0.05, 0.1) is 0 Å². The molecule has 4 rings (SSSR count). The molecule has 2 aliphatic rings. The Bertz CT molecular complexity index is 1150. The Balaban J connectivity index is 1.46. The van der Waals surface area contributed by atoms with Gasteiger partial charge in [-0.15, -0.1) is 0 Å². The fourth-order valence-electron chi connectivity index (χ4n) is 4.49. The van der Waals surface area contributed by atoms with Crippen molar-refractivity contribution >= 4 is 29.8 Å². The van der Waals surface area contributed by atoms with Crippen molar-refractivity contribution in [3.63, 3.8) is 0 Å². The van der Waals surface area contributed by atoms with Crippen LogP contribution in [-0.2, 0) is 23.9 Å². The zero-order valence-electron chi connectivity index (χ0n) is 19.0. The number of fused-ring (bicyclic) bond motifs is 3. The van der Waals surface area contributed by atoms with Gasteiger partial charge < -0.3 is 20.1 Å². The van der Waals surface area contributed by atoms with Gasteiger partial charge in [0.25, 0.3) is 0 Å². The van der Waals surface area contributed by atoms with E-state index in [-0.39, 0.29) is 25.5 Å². The number of nitrogens with one attached hydrogen (secondary N) is 2. The van der Waals surface area contributed by atoms with E-state index in [9.17, 15) is 24.0 Å². The van der Waals surface area contributed by atoms with E-state index in [1.54, 1.807) is 0 Å². The Hall–Kier alpha value is -4.21. The number of amides is 4. The lowest BCUT2D eigenvalue weighted by atomic mass is 9.98. The highest BCUT2D eigenvalue weighted by Crippen LogP contribution is 2.44. The number of piperazine rings is 1. The third kappa shape index (κ3) is 5.01. The van der Waals surface area contributed by atoms with E-state index in [4.69, 9.17) is 9.84 Å². The monoisotopic (exact) mass is 479 g/mol. The number of alkyl carbamates (subject to hydrolysis) is 1. The molecule has 0 saturated carbocycles. The average molecular weight is 479 g/mol. The molecule has 1 fully saturated rings. The zero-order valence-corrected chi connectivity index (χ0v) is 19.0. The first-order chi connectivity index (χ1) is 16.8. The summed E-state index contributed by atoms with van der Waals surface area (Å²) in [4.78, 5) is 61.6. The van der Waals surface area contributed by atoms with Gasteiger partial charge in [0.15, 0.2) is 0 Å². The van der Waals surface area contributed by atoms with Crippen LogP contribution >= 0.6 is 0 Å². The normalized spacial score (nSPS) is 17.7. The molecule has 0 bridgehead atoms. The zero-order chi connectivity index (χ0) is 25.1. The largest absolute Gasteiger partial charge is 0.481 e. The molecule has 182 valence electrons. The minimum atomic E-state index is -1.28. The van der Waals surface area contributed by atoms with Crippen LogP contribution in [0, 0.1) is 0 Å². The molecule has 2 aromatic rings. The van der Waals surface area contributed by atoms with Crippen molar-refractivity contribution in [2.24, 2.45) is 0 Å². The molecule has 0 radical (unpaired) electrons. The van der Waals surface area contributed by atoms with Crippen molar-refractivity contribution in [1.29, 1.82) is 0 Å². The van der Waals surface area contributed by atoms with Crippen molar-refractivity contribution in [3.05, 3.63) is 59.7 Å². The first kappa shape index (κ1) is 23.9. The molecule has 3 N–H and O–H groups in total. The molecular weight excluding hydrogens is 454 g/mol. The number of nitrogens with zero attached hydrogens (tertiary/aromatic N) is 1. The van der Waals surface area contributed by atoms with Gasteiger partial charge in [-0.25, -0.2) is 4.79 Å². The van der Waals surface area contributed by atoms with Crippen molar-refractivity contribution in [1.82, 2.24) is 15.5 Å². The lowest BCUT2D eigenvalue weighted by molar-refractivity contribution is -0.150. The molecule has 35 heavy (non-hydrogen) atoms. The van der Waals surface area contributed by atoms with Crippen LogP contribution in [0.4, 0.5) is 4.79 Å². The molecule has 1 aliphatic carbocycles. The fraction of sp³-hybridized carbons (Fsp3) is 0.320. The van der Waals surface area contributed by atoms with Gasteiger partial charge in [-0.05, 0) is 35.6 Å². The minimum Gasteiger partial charge on any atom is -0.481 e. The summed E-state index contributed by atoms with van der Waals surface area (Å²) < 4.78 is 5.47. The Morgan fingerprint density at radius 2 is 1.69 bits per heavy atom. The number of carboxylic acids is 1. The van der Waals surface area contributed by atoms with Crippen LogP contribution in [0.25, 0.3) is 11.1 Å². The Labute approximate surface area is 201 Å².